The van der Waals surface area contributed by atoms with E-state index in [0.717, 1.165) is 25.2 Å². The zero-order chi connectivity index (χ0) is 11.8. The fraction of sp³-hybridized carbons (Fsp3) is 0.818. The number of methoxy groups -OCH3 is 1. The summed E-state index contributed by atoms with van der Waals surface area (Å²) in [7, 11) is 1.66. The van der Waals surface area contributed by atoms with Crippen molar-refractivity contribution < 1.29 is 9.26 Å². The van der Waals surface area contributed by atoms with Crippen molar-refractivity contribution in [2.24, 2.45) is 0 Å². The maximum absolute atomic E-state index is 5.16. The van der Waals surface area contributed by atoms with E-state index in [1.54, 1.807) is 7.11 Å². The van der Waals surface area contributed by atoms with Gasteiger partial charge in [-0.2, -0.15) is 4.98 Å². The minimum Gasteiger partial charge on any atom is -0.384 e. The lowest BCUT2D eigenvalue weighted by atomic mass is 10.2. The lowest BCUT2D eigenvalue weighted by Gasteiger charge is -2.09. The summed E-state index contributed by atoms with van der Waals surface area (Å²) in [5.74, 6) is 1.42. The van der Waals surface area contributed by atoms with E-state index in [1.807, 2.05) is 0 Å². The van der Waals surface area contributed by atoms with E-state index in [4.69, 9.17) is 9.26 Å². The first kappa shape index (κ1) is 13.1. The van der Waals surface area contributed by atoms with E-state index in [1.165, 1.54) is 0 Å². The molecular weight excluding hydrogens is 206 g/mol. The Hall–Kier alpha value is -0.940. The van der Waals surface area contributed by atoms with Crippen LogP contribution >= 0.6 is 0 Å². The fourth-order valence-corrected chi connectivity index (χ4v) is 1.39. The minimum absolute atomic E-state index is 0.371. The third kappa shape index (κ3) is 4.72. The van der Waals surface area contributed by atoms with Gasteiger partial charge in [-0.05, 0) is 19.9 Å². The average Bonchev–Trinajstić information content (AvgIpc) is 2.71. The van der Waals surface area contributed by atoms with Crippen LogP contribution < -0.4 is 5.32 Å². The number of nitrogens with one attached hydrogen (secondary N) is 1. The monoisotopic (exact) mass is 227 g/mol. The summed E-state index contributed by atoms with van der Waals surface area (Å²) < 4.78 is 10.1. The lowest BCUT2D eigenvalue weighted by molar-refractivity contribution is 0.199. The molecule has 1 aromatic heterocycles. The van der Waals surface area contributed by atoms with Crippen LogP contribution in [0.2, 0.25) is 0 Å². The molecule has 0 aliphatic heterocycles. The zero-order valence-corrected chi connectivity index (χ0v) is 10.3. The van der Waals surface area contributed by atoms with E-state index in [-0.39, 0.29) is 0 Å². The van der Waals surface area contributed by atoms with Crippen LogP contribution in [-0.4, -0.2) is 36.4 Å². The van der Waals surface area contributed by atoms with Crippen molar-refractivity contribution in [2.75, 3.05) is 20.3 Å². The molecule has 16 heavy (non-hydrogen) atoms. The molecule has 1 aromatic rings. The van der Waals surface area contributed by atoms with Gasteiger partial charge in [0.15, 0.2) is 5.82 Å². The van der Waals surface area contributed by atoms with Gasteiger partial charge in [-0.1, -0.05) is 12.1 Å². The van der Waals surface area contributed by atoms with Crippen molar-refractivity contribution in [1.29, 1.82) is 0 Å². The average molecular weight is 227 g/mol. The molecule has 0 saturated carbocycles. The van der Waals surface area contributed by atoms with Gasteiger partial charge < -0.3 is 14.6 Å². The molecule has 0 radical (unpaired) electrons. The molecule has 0 aliphatic carbocycles. The maximum atomic E-state index is 5.16. The number of nitrogens with zero attached hydrogens (tertiary/aromatic N) is 2. The van der Waals surface area contributed by atoms with Gasteiger partial charge in [0, 0.05) is 26.0 Å². The summed E-state index contributed by atoms with van der Waals surface area (Å²) in [5.41, 5.74) is 0. The summed E-state index contributed by atoms with van der Waals surface area (Å²) in [5, 5.41) is 7.27. The molecule has 0 spiro atoms. The van der Waals surface area contributed by atoms with E-state index in [2.05, 4.69) is 29.3 Å². The van der Waals surface area contributed by atoms with Crippen LogP contribution in [-0.2, 0) is 17.6 Å². The van der Waals surface area contributed by atoms with Crippen molar-refractivity contribution in [3.05, 3.63) is 11.7 Å². The molecule has 0 amide bonds. The standard InChI is InChI=1S/C11H21N3O2/c1-4-6-12-9(2)8-11-13-10(14-16-11)5-7-15-3/h9,12H,4-8H2,1-3H3. The lowest BCUT2D eigenvalue weighted by Crippen LogP contribution is -2.28. The molecule has 5 heteroatoms. The molecule has 0 aliphatic rings. The van der Waals surface area contributed by atoms with Crippen molar-refractivity contribution in [1.82, 2.24) is 15.5 Å². The van der Waals surface area contributed by atoms with Crippen LogP contribution in [0, 0.1) is 0 Å². The molecule has 1 heterocycles. The Bertz CT molecular complexity index is 289. The number of hydrogen-bond acceptors (Lipinski definition) is 5. The quantitative estimate of drug-likeness (QED) is 0.723. The summed E-state index contributed by atoms with van der Waals surface area (Å²) in [6.45, 7) is 5.92. The summed E-state index contributed by atoms with van der Waals surface area (Å²) in [6.07, 6.45) is 2.62. The number of hydrogen-bond donors (Lipinski definition) is 1. The number of ether oxygens (including phenoxy) is 1. The van der Waals surface area contributed by atoms with E-state index < -0.39 is 0 Å². The molecular formula is C11H21N3O2. The molecule has 0 bridgehead atoms. The van der Waals surface area contributed by atoms with Crippen molar-refractivity contribution >= 4 is 0 Å². The van der Waals surface area contributed by atoms with Gasteiger partial charge in [0.2, 0.25) is 5.89 Å². The van der Waals surface area contributed by atoms with Gasteiger partial charge in [-0.3, -0.25) is 0 Å². The topological polar surface area (TPSA) is 60.2 Å². The highest BCUT2D eigenvalue weighted by Crippen LogP contribution is 2.02. The molecule has 1 atom stereocenters. The highest BCUT2D eigenvalue weighted by Gasteiger charge is 2.09. The second kappa shape index (κ2) is 7.35. The smallest absolute Gasteiger partial charge is 0.228 e. The van der Waals surface area contributed by atoms with Gasteiger partial charge in [0.25, 0.3) is 0 Å². The largest absolute Gasteiger partial charge is 0.384 e. The Kier molecular flexibility index (Phi) is 6.03. The van der Waals surface area contributed by atoms with Crippen molar-refractivity contribution in [3.63, 3.8) is 0 Å². The Morgan fingerprint density at radius 1 is 1.50 bits per heavy atom. The highest BCUT2D eigenvalue weighted by molar-refractivity contribution is 4.88. The van der Waals surface area contributed by atoms with Crippen LogP contribution in [0.4, 0.5) is 0 Å². The van der Waals surface area contributed by atoms with Gasteiger partial charge in [-0.15, -0.1) is 0 Å². The minimum atomic E-state index is 0.371. The predicted molar refractivity (Wildman–Crippen MR) is 61.3 cm³/mol. The van der Waals surface area contributed by atoms with Crippen LogP contribution in [0.5, 0.6) is 0 Å². The van der Waals surface area contributed by atoms with E-state index in [9.17, 15) is 0 Å². The van der Waals surface area contributed by atoms with Crippen molar-refractivity contribution in [2.45, 2.75) is 39.2 Å². The van der Waals surface area contributed by atoms with Crippen LogP contribution in [0.25, 0.3) is 0 Å². The first-order chi connectivity index (χ1) is 7.76. The van der Waals surface area contributed by atoms with Gasteiger partial charge in [-0.25, -0.2) is 0 Å². The Morgan fingerprint density at radius 2 is 2.31 bits per heavy atom. The van der Waals surface area contributed by atoms with Crippen LogP contribution in [0.1, 0.15) is 32.0 Å². The molecule has 1 rings (SSSR count). The summed E-state index contributed by atoms with van der Waals surface area (Å²) >= 11 is 0. The van der Waals surface area contributed by atoms with Crippen LogP contribution in [0.15, 0.2) is 4.52 Å². The second-order valence-electron chi connectivity index (χ2n) is 3.91. The molecule has 5 nitrogen and oxygen atoms in total. The predicted octanol–water partition coefficient (Wildman–Crippen LogP) is 1.19. The number of aromatic nitrogens is 2. The maximum Gasteiger partial charge on any atom is 0.228 e. The molecule has 1 N–H and O–H groups in total. The summed E-state index contributed by atoms with van der Waals surface area (Å²) in [4.78, 5) is 4.30. The van der Waals surface area contributed by atoms with Crippen molar-refractivity contribution in [3.8, 4) is 0 Å². The molecule has 1 unspecified atom stereocenters. The first-order valence-corrected chi connectivity index (χ1v) is 5.80. The second-order valence-corrected chi connectivity index (χ2v) is 3.91. The Morgan fingerprint density at radius 3 is 3.00 bits per heavy atom. The fourth-order valence-electron chi connectivity index (χ4n) is 1.39. The van der Waals surface area contributed by atoms with Gasteiger partial charge in [0.05, 0.1) is 6.61 Å². The normalized spacial score (nSPS) is 12.9. The van der Waals surface area contributed by atoms with Crippen LogP contribution in [0.3, 0.4) is 0 Å². The third-order valence-corrected chi connectivity index (χ3v) is 2.26. The molecule has 0 fully saturated rings. The molecule has 0 saturated heterocycles. The Balaban J connectivity index is 2.33. The highest BCUT2D eigenvalue weighted by atomic mass is 16.5. The zero-order valence-electron chi connectivity index (χ0n) is 10.3. The summed E-state index contributed by atoms with van der Waals surface area (Å²) in [6, 6.07) is 0.371. The van der Waals surface area contributed by atoms with E-state index in [0.29, 0.717) is 25.0 Å². The molecule has 0 aromatic carbocycles. The van der Waals surface area contributed by atoms with Gasteiger partial charge in [0.1, 0.15) is 0 Å². The number of rotatable bonds is 8. The first-order valence-electron chi connectivity index (χ1n) is 5.80. The van der Waals surface area contributed by atoms with E-state index >= 15 is 0 Å². The molecule has 92 valence electrons. The third-order valence-electron chi connectivity index (χ3n) is 2.26. The SMILES string of the molecule is CCCNC(C)Cc1nc(CCOC)no1. The Labute approximate surface area is 96.6 Å². The van der Waals surface area contributed by atoms with Gasteiger partial charge >= 0.3 is 0 Å².